The third-order valence-electron chi connectivity index (χ3n) is 1.76. The van der Waals surface area contributed by atoms with E-state index >= 15 is 0 Å². The van der Waals surface area contributed by atoms with Gasteiger partial charge in [-0.1, -0.05) is 29.5 Å². The van der Waals surface area contributed by atoms with Crippen LogP contribution in [-0.2, 0) is 0 Å². The first kappa shape index (κ1) is 5.86. The van der Waals surface area contributed by atoms with Gasteiger partial charge >= 0.3 is 0 Å². The molecule has 1 aliphatic carbocycles. The topological polar surface area (TPSA) is 0 Å². The molecule has 1 saturated carbocycles. The van der Waals surface area contributed by atoms with Crippen LogP contribution < -0.4 is 0 Å². The van der Waals surface area contributed by atoms with Crippen LogP contribution in [0.3, 0.4) is 0 Å². The van der Waals surface area contributed by atoms with Crippen molar-refractivity contribution in [3.8, 4) is 0 Å². The zero-order chi connectivity index (χ0) is 5.28. The highest BCUT2D eigenvalue weighted by Gasteiger charge is 2.30. The number of alkyl halides is 1. The van der Waals surface area contributed by atoms with E-state index in [2.05, 4.69) is 29.5 Å². The van der Waals surface area contributed by atoms with E-state index in [9.17, 15) is 0 Å². The first-order valence-corrected chi connectivity index (χ1v) is 4.43. The summed E-state index contributed by atoms with van der Waals surface area (Å²) in [5.41, 5.74) is 0. The van der Waals surface area contributed by atoms with Gasteiger partial charge in [0, 0.05) is 0 Å². The molecule has 1 heteroatoms. The van der Waals surface area contributed by atoms with Crippen LogP contribution in [0.5, 0.6) is 0 Å². The monoisotopic (exact) mass is 210 g/mol. The highest BCUT2D eigenvalue weighted by molar-refractivity contribution is 14.1. The first-order chi connectivity index (χ1) is 3.34. The molecular formula is C6H11I. The van der Waals surface area contributed by atoms with E-state index in [0.717, 1.165) is 11.8 Å². The molecule has 1 rings (SSSR count). The van der Waals surface area contributed by atoms with Gasteiger partial charge in [0.25, 0.3) is 0 Å². The first-order valence-electron chi connectivity index (χ1n) is 2.90. The van der Waals surface area contributed by atoms with Crippen LogP contribution in [0.25, 0.3) is 0 Å². The van der Waals surface area contributed by atoms with Gasteiger partial charge < -0.3 is 0 Å². The van der Waals surface area contributed by atoms with Crippen LogP contribution in [0.15, 0.2) is 0 Å². The molecule has 0 amide bonds. The van der Waals surface area contributed by atoms with Gasteiger partial charge in [0.1, 0.15) is 0 Å². The standard InChI is InChI=1S/C6H11I/c1-5-4-6(5)2-3-7/h5-6H,2-4H2,1H3/t5-,6+/m1/s1. The molecule has 0 aromatic rings. The zero-order valence-corrected chi connectivity index (χ0v) is 6.81. The Morgan fingerprint density at radius 1 is 1.71 bits per heavy atom. The van der Waals surface area contributed by atoms with Crippen molar-refractivity contribution in [2.45, 2.75) is 19.8 Å². The van der Waals surface area contributed by atoms with Crippen LogP contribution in [0, 0.1) is 11.8 Å². The Bertz CT molecular complexity index is 61.2. The summed E-state index contributed by atoms with van der Waals surface area (Å²) in [5.74, 6) is 2.17. The quantitative estimate of drug-likeness (QED) is 0.485. The summed E-state index contributed by atoms with van der Waals surface area (Å²) in [6.07, 6.45) is 2.96. The van der Waals surface area contributed by atoms with E-state index in [0.29, 0.717) is 0 Å². The Labute approximate surface area is 58.8 Å². The minimum absolute atomic E-state index is 1.06. The normalized spacial score (nSPS) is 38.6. The second-order valence-corrected chi connectivity index (χ2v) is 3.53. The van der Waals surface area contributed by atoms with E-state index in [-0.39, 0.29) is 0 Å². The highest BCUT2D eigenvalue weighted by Crippen LogP contribution is 2.40. The van der Waals surface area contributed by atoms with Crippen molar-refractivity contribution in [3.63, 3.8) is 0 Å². The van der Waals surface area contributed by atoms with Crippen molar-refractivity contribution in [2.75, 3.05) is 4.43 Å². The Morgan fingerprint density at radius 3 is 2.43 bits per heavy atom. The van der Waals surface area contributed by atoms with E-state index in [4.69, 9.17) is 0 Å². The van der Waals surface area contributed by atoms with E-state index < -0.39 is 0 Å². The average Bonchev–Trinajstić information content (AvgIpc) is 2.22. The number of hydrogen-bond donors (Lipinski definition) is 0. The molecule has 0 aliphatic heterocycles. The van der Waals surface area contributed by atoms with Crippen molar-refractivity contribution in [2.24, 2.45) is 11.8 Å². The number of rotatable bonds is 2. The lowest BCUT2D eigenvalue weighted by atomic mass is 10.3. The van der Waals surface area contributed by atoms with Crippen molar-refractivity contribution < 1.29 is 0 Å². The maximum atomic E-state index is 2.45. The van der Waals surface area contributed by atoms with Crippen LogP contribution in [0.4, 0.5) is 0 Å². The second-order valence-electron chi connectivity index (χ2n) is 2.45. The fourth-order valence-electron chi connectivity index (χ4n) is 0.941. The number of hydrogen-bond acceptors (Lipinski definition) is 0. The highest BCUT2D eigenvalue weighted by atomic mass is 127. The molecule has 0 nitrogen and oxygen atoms in total. The van der Waals surface area contributed by atoms with Crippen molar-refractivity contribution in [1.29, 1.82) is 0 Å². The zero-order valence-electron chi connectivity index (χ0n) is 4.65. The van der Waals surface area contributed by atoms with Crippen LogP contribution in [0.1, 0.15) is 19.8 Å². The van der Waals surface area contributed by atoms with Gasteiger partial charge in [-0.25, -0.2) is 0 Å². The fourth-order valence-corrected chi connectivity index (χ4v) is 1.74. The molecule has 0 aromatic carbocycles. The summed E-state index contributed by atoms with van der Waals surface area (Å²) in [4.78, 5) is 0. The molecule has 0 spiro atoms. The molecule has 1 fully saturated rings. The third-order valence-corrected chi connectivity index (χ3v) is 2.38. The molecule has 42 valence electrons. The van der Waals surface area contributed by atoms with Crippen LogP contribution in [0.2, 0.25) is 0 Å². The smallest absolute Gasteiger partial charge is 0.000199 e. The molecule has 0 aromatic heterocycles. The molecule has 0 heterocycles. The fraction of sp³-hybridized carbons (Fsp3) is 1.00. The van der Waals surface area contributed by atoms with Crippen molar-refractivity contribution in [3.05, 3.63) is 0 Å². The van der Waals surface area contributed by atoms with Gasteiger partial charge in [-0.3, -0.25) is 0 Å². The molecule has 0 saturated heterocycles. The Kier molecular flexibility index (Phi) is 1.95. The average molecular weight is 210 g/mol. The summed E-state index contributed by atoms with van der Waals surface area (Å²) in [6, 6.07) is 0. The van der Waals surface area contributed by atoms with Crippen LogP contribution in [-0.4, -0.2) is 4.43 Å². The lowest BCUT2D eigenvalue weighted by molar-refractivity contribution is 0.736. The predicted molar refractivity (Wildman–Crippen MR) is 40.8 cm³/mol. The van der Waals surface area contributed by atoms with Gasteiger partial charge in [-0.05, 0) is 29.1 Å². The van der Waals surface area contributed by atoms with E-state index in [1.54, 1.807) is 0 Å². The lowest BCUT2D eigenvalue weighted by Crippen LogP contribution is -1.77. The minimum Gasteiger partial charge on any atom is -0.0864 e. The predicted octanol–water partition coefficient (Wildman–Crippen LogP) is 2.47. The van der Waals surface area contributed by atoms with Gasteiger partial charge in [0.05, 0.1) is 0 Å². The Balaban J connectivity index is 1.98. The van der Waals surface area contributed by atoms with E-state index in [1.807, 2.05) is 0 Å². The van der Waals surface area contributed by atoms with Gasteiger partial charge in [-0.2, -0.15) is 0 Å². The number of halogens is 1. The Hall–Kier alpha value is 0.730. The van der Waals surface area contributed by atoms with Crippen molar-refractivity contribution >= 4 is 22.6 Å². The molecule has 7 heavy (non-hydrogen) atoms. The lowest BCUT2D eigenvalue weighted by Gasteiger charge is -1.85. The summed E-state index contributed by atoms with van der Waals surface area (Å²) < 4.78 is 1.35. The van der Waals surface area contributed by atoms with Crippen LogP contribution >= 0.6 is 22.6 Å². The summed E-state index contributed by atoms with van der Waals surface area (Å²) in [7, 11) is 0. The Morgan fingerprint density at radius 2 is 2.29 bits per heavy atom. The maximum Gasteiger partial charge on any atom is -0.000199 e. The van der Waals surface area contributed by atoms with Gasteiger partial charge in [0.15, 0.2) is 0 Å². The molecule has 2 atom stereocenters. The summed E-state index contributed by atoms with van der Waals surface area (Å²) in [5, 5.41) is 0. The SMILES string of the molecule is C[C@@H]1C[C@@H]1CCI. The van der Waals surface area contributed by atoms with Gasteiger partial charge in [-0.15, -0.1) is 0 Å². The van der Waals surface area contributed by atoms with Gasteiger partial charge in [0.2, 0.25) is 0 Å². The maximum absolute atomic E-state index is 2.45. The third kappa shape index (κ3) is 1.59. The molecule has 0 N–H and O–H groups in total. The van der Waals surface area contributed by atoms with E-state index in [1.165, 1.54) is 17.3 Å². The second kappa shape index (κ2) is 2.33. The molecule has 0 bridgehead atoms. The molecule has 0 radical (unpaired) electrons. The molecule has 1 aliphatic rings. The largest absolute Gasteiger partial charge is 0.0864 e. The van der Waals surface area contributed by atoms with Crippen molar-refractivity contribution in [1.82, 2.24) is 0 Å². The minimum atomic E-state index is 1.06. The summed E-state index contributed by atoms with van der Waals surface area (Å²) >= 11 is 2.45. The molecule has 0 unspecified atom stereocenters. The molecular weight excluding hydrogens is 199 g/mol. The summed E-state index contributed by atoms with van der Waals surface area (Å²) in [6.45, 7) is 2.34.